The van der Waals surface area contributed by atoms with Gasteiger partial charge in [-0.1, -0.05) is 0 Å². The third-order valence-corrected chi connectivity index (χ3v) is 5.20. The molecule has 0 spiro atoms. The van der Waals surface area contributed by atoms with Crippen molar-refractivity contribution in [1.82, 2.24) is 9.21 Å². The van der Waals surface area contributed by atoms with Crippen LogP contribution in [0, 0.1) is 5.92 Å². The fourth-order valence-electron chi connectivity index (χ4n) is 1.99. The van der Waals surface area contributed by atoms with Gasteiger partial charge in [-0.05, 0) is 25.7 Å². The summed E-state index contributed by atoms with van der Waals surface area (Å²) in [7, 11) is -3.31. The van der Waals surface area contributed by atoms with E-state index in [0.29, 0.717) is 25.6 Å². The molecule has 7 heteroatoms. The molecule has 1 N–H and O–H groups in total. The van der Waals surface area contributed by atoms with Gasteiger partial charge in [-0.2, -0.15) is 4.31 Å². The largest absolute Gasteiger partial charge is 0.480 e. The molecule has 1 aliphatic heterocycles. The van der Waals surface area contributed by atoms with Crippen LogP contribution in [-0.4, -0.2) is 60.3 Å². The highest BCUT2D eigenvalue weighted by molar-refractivity contribution is 7.89. The van der Waals surface area contributed by atoms with Gasteiger partial charge in [0.15, 0.2) is 0 Å². The highest BCUT2D eigenvalue weighted by Crippen LogP contribution is 2.31. The predicted molar refractivity (Wildman–Crippen MR) is 61.9 cm³/mol. The summed E-state index contributed by atoms with van der Waals surface area (Å²) in [5.74, 6) is -0.628. The Morgan fingerprint density at radius 1 is 1.41 bits per heavy atom. The zero-order valence-electron chi connectivity index (χ0n) is 9.87. The summed E-state index contributed by atoms with van der Waals surface area (Å²) in [6.07, 6.45) is 2.22. The van der Waals surface area contributed by atoms with Crippen LogP contribution < -0.4 is 0 Å². The molecule has 2 fully saturated rings. The Labute approximate surface area is 101 Å². The number of rotatable bonds is 4. The van der Waals surface area contributed by atoms with Crippen LogP contribution in [0.5, 0.6) is 0 Å². The molecule has 1 saturated heterocycles. The third-order valence-electron chi connectivity index (χ3n) is 3.42. The zero-order valence-corrected chi connectivity index (χ0v) is 10.7. The van der Waals surface area contributed by atoms with E-state index in [9.17, 15) is 13.2 Å². The summed E-state index contributed by atoms with van der Waals surface area (Å²) in [6, 6.07) is -0.743. The molecule has 1 atom stereocenters. The van der Waals surface area contributed by atoms with E-state index in [4.69, 9.17) is 5.11 Å². The number of carbonyl (C=O) groups is 1. The zero-order chi connectivity index (χ0) is 12.6. The summed E-state index contributed by atoms with van der Waals surface area (Å²) >= 11 is 0. The van der Waals surface area contributed by atoms with E-state index in [1.807, 2.05) is 0 Å². The van der Waals surface area contributed by atoms with Crippen molar-refractivity contribution in [2.24, 2.45) is 5.92 Å². The van der Waals surface area contributed by atoms with Crippen LogP contribution in [0.2, 0.25) is 0 Å². The second-order valence-electron chi connectivity index (χ2n) is 4.87. The number of sulfonamides is 1. The van der Waals surface area contributed by atoms with E-state index >= 15 is 0 Å². The summed E-state index contributed by atoms with van der Waals surface area (Å²) in [4.78, 5) is 12.3. The van der Waals surface area contributed by atoms with Gasteiger partial charge in [0.1, 0.15) is 11.9 Å². The van der Waals surface area contributed by atoms with E-state index < -0.39 is 22.0 Å². The lowest BCUT2D eigenvalue weighted by atomic mass is 10.3. The third kappa shape index (κ3) is 2.97. The molecule has 98 valence electrons. The van der Waals surface area contributed by atoms with Gasteiger partial charge in [-0.15, -0.1) is 0 Å². The molecule has 2 aliphatic rings. The molecular formula is C10H18N2O4S. The molecular weight excluding hydrogens is 244 g/mol. The SMILES string of the molecule is C[C@@H](C(=O)O)N1CCN(CC2CC2)S(=O)(=O)C1. The molecule has 0 amide bonds. The van der Waals surface area contributed by atoms with Crippen molar-refractivity contribution in [2.75, 3.05) is 25.5 Å². The molecule has 6 nitrogen and oxygen atoms in total. The molecule has 17 heavy (non-hydrogen) atoms. The maximum absolute atomic E-state index is 12.0. The fourth-order valence-corrected chi connectivity index (χ4v) is 3.72. The average molecular weight is 262 g/mol. The molecule has 0 unspecified atom stereocenters. The molecule has 0 aromatic rings. The lowest BCUT2D eigenvalue weighted by molar-refractivity contribution is -0.142. The van der Waals surface area contributed by atoms with E-state index in [0.717, 1.165) is 12.8 Å². The Kier molecular flexibility index (Phi) is 3.42. The lowest BCUT2D eigenvalue weighted by Gasteiger charge is -2.35. The molecule has 0 bridgehead atoms. The van der Waals surface area contributed by atoms with Gasteiger partial charge in [0.25, 0.3) is 0 Å². The van der Waals surface area contributed by atoms with Crippen molar-refractivity contribution in [1.29, 1.82) is 0 Å². The number of hydrogen-bond donors (Lipinski definition) is 1. The summed E-state index contributed by atoms with van der Waals surface area (Å²) in [5.41, 5.74) is 0. The van der Waals surface area contributed by atoms with Crippen molar-refractivity contribution in [2.45, 2.75) is 25.8 Å². The molecule has 2 rings (SSSR count). The first-order valence-electron chi connectivity index (χ1n) is 5.85. The van der Waals surface area contributed by atoms with Gasteiger partial charge in [-0.25, -0.2) is 8.42 Å². The summed E-state index contributed by atoms with van der Waals surface area (Å²) < 4.78 is 25.5. The van der Waals surface area contributed by atoms with Crippen LogP contribution in [0.3, 0.4) is 0 Å². The number of carboxylic acid groups (broad SMARTS) is 1. The van der Waals surface area contributed by atoms with Gasteiger partial charge < -0.3 is 5.11 Å². The van der Waals surface area contributed by atoms with Crippen molar-refractivity contribution in [3.05, 3.63) is 0 Å². The Bertz CT molecular complexity index is 405. The van der Waals surface area contributed by atoms with Crippen LogP contribution in [0.25, 0.3) is 0 Å². The molecule has 0 radical (unpaired) electrons. The second-order valence-corrected chi connectivity index (χ2v) is 6.81. The van der Waals surface area contributed by atoms with Gasteiger partial charge in [-0.3, -0.25) is 9.69 Å². The van der Waals surface area contributed by atoms with Crippen LogP contribution >= 0.6 is 0 Å². The number of nitrogens with zero attached hydrogens (tertiary/aromatic N) is 2. The second kappa shape index (κ2) is 4.55. The van der Waals surface area contributed by atoms with E-state index in [-0.39, 0.29) is 5.88 Å². The number of aliphatic carboxylic acids is 1. The van der Waals surface area contributed by atoms with Crippen LogP contribution in [0.1, 0.15) is 19.8 Å². The molecule has 0 aromatic carbocycles. The van der Waals surface area contributed by atoms with Gasteiger partial charge in [0.05, 0.1) is 0 Å². The van der Waals surface area contributed by atoms with E-state index in [2.05, 4.69) is 0 Å². The van der Waals surface area contributed by atoms with Gasteiger partial charge >= 0.3 is 5.97 Å². The molecule has 0 aromatic heterocycles. The van der Waals surface area contributed by atoms with Crippen molar-refractivity contribution in [3.8, 4) is 0 Å². The minimum atomic E-state index is -3.31. The number of hydrogen-bond acceptors (Lipinski definition) is 4. The fraction of sp³-hybridized carbons (Fsp3) is 0.900. The average Bonchev–Trinajstić information content (AvgIpc) is 3.03. The Morgan fingerprint density at radius 2 is 2.06 bits per heavy atom. The van der Waals surface area contributed by atoms with Crippen molar-refractivity contribution >= 4 is 16.0 Å². The first-order chi connectivity index (χ1) is 7.90. The molecule has 1 heterocycles. The van der Waals surface area contributed by atoms with Crippen molar-refractivity contribution < 1.29 is 18.3 Å². The Balaban J connectivity index is 2.00. The smallest absolute Gasteiger partial charge is 0.320 e. The van der Waals surface area contributed by atoms with Crippen LogP contribution in [0.15, 0.2) is 0 Å². The van der Waals surface area contributed by atoms with Crippen LogP contribution in [0.4, 0.5) is 0 Å². The minimum absolute atomic E-state index is 0.173. The van der Waals surface area contributed by atoms with E-state index in [1.165, 1.54) is 16.1 Å². The highest BCUT2D eigenvalue weighted by atomic mass is 32.2. The maximum Gasteiger partial charge on any atom is 0.320 e. The first kappa shape index (κ1) is 12.8. The van der Waals surface area contributed by atoms with E-state index in [1.54, 1.807) is 0 Å². The van der Waals surface area contributed by atoms with Gasteiger partial charge in [0, 0.05) is 19.6 Å². The minimum Gasteiger partial charge on any atom is -0.480 e. The Morgan fingerprint density at radius 3 is 2.53 bits per heavy atom. The lowest BCUT2D eigenvalue weighted by Crippen LogP contribution is -2.54. The molecule has 1 aliphatic carbocycles. The maximum atomic E-state index is 12.0. The van der Waals surface area contributed by atoms with Gasteiger partial charge in [0.2, 0.25) is 10.0 Å². The Hall–Kier alpha value is -0.660. The van der Waals surface area contributed by atoms with Crippen molar-refractivity contribution in [3.63, 3.8) is 0 Å². The number of carboxylic acids is 1. The summed E-state index contributed by atoms with van der Waals surface area (Å²) in [6.45, 7) is 3.04. The quantitative estimate of drug-likeness (QED) is 0.757. The normalized spacial score (nSPS) is 27.8. The van der Waals surface area contributed by atoms with Crippen LogP contribution in [-0.2, 0) is 14.8 Å². The molecule has 1 saturated carbocycles. The standard InChI is InChI=1S/C10H18N2O4S/c1-8(10(13)14)11-4-5-12(6-9-2-3-9)17(15,16)7-11/h8-9H,2-7H2,1H3,(H,13,14)/t8-/m0/s1. The predicted octanol–water partition coefficient (Wildman–Crippen LogP) is -0.226. The topological polar surface area (TPSA) is 77.9 Å². The highest BCUT2D eigenvalue weighted by Gasteiger charge is 2.37. The monoisotopic (exact) mass is 262 g/mol. The summed E-state index contributed by atoms with van der Waals surface area (Å²) in [5, 5.41) is 8.88. The first-order valence-corrected chi connectivity index (χ1v) is 7.46.